The second kappa shape index (κ2) is 5.74. The van der Waals surface area contributed by atoms with Crippen molar-refractivity contribution < 1.29 is 0 Å². The SMILES string of the molecule is C=C([Se-])SCCCC. The Morgan fingerprint density at radius 1 is 1.75 bits per heavy atom. The van der Waals surface area contributed by atoms with Gasteiger partial charge >= 0.3 is 63.7 Å². The predicted molar refractivity (Wildman–Crippen MR) is 42.3 cm³/mol. The molecule has 0 atom stereocenters. The predicted octanol–water partition coefficient (Wildman–Crippen LogP) is 2.16. The van der Waals surface area contributed by atoms with Gasteiger partial charge in [-0.15, -0.1) is 0 Å². The van der Waals surface area contributed by atoms with Gasteiger partial charge in [0.25, 0.3) is 0 Å². The maximum atomic E-state index is 3.73. The van der Waals surface area contributed by atoms with Crippen molar-refractivity contribution in [3.05, 3.63) is 10.4 Å². The number of thioether (sulfide) groups is 1. The Bertz CT molecular complexity index is 70.9. The van der Waals surface area contributed by atoms with Gasteiger partial charge in [0.15, 0.2) is 0 Å². The first kappa shape index (κ1) is 8.61. The molecule has 0 nitrogen and oxygen atoms in total. The van der Waals surface area contributed by atoms with E-state index >= 15 is 0 Å². The standard InChI is InChI=1S/C6H12SSe/c1-3-4-5-7-6(2)8/h8H,2-5H2,1H3/p-1. The molecule has 0 aromatic rings. The summed E-state index contributed by atoms with van der Waals surface area (Å²) < 4.78 is 1.11. The molecule has 2 heteroatoms. The topological polar surface area (TPSA) is 0 Å². The van der Waals surface area contributed by atoms with Crippen molar-refractivity contribution in [3.63, 3.8) is 0 Å². The molecular weight excluding hydrogens is 183 g/mol. The average Bonchev–Trinajstić information content (AvgIpc) is 1.66. The van der Waals surface area contributed by atoms with Crippen molar-refractivity contribution in [1.29, 1.82) is 0 Å². The van der Waals surface area contributed by atoms with Crippen LogP contribution in [0.3, 0.4) is 0 Å². The maximum absolute atomic E-state index is 3.73. The number of hydrogen-bond donors (Lipinski definition) is 0. The van der Waals surface area contributed by atoms with Crippen molar-refractivity contribution in [2.45, 2.75) is 19.8 Å². The fraction of sp³-hybridized carbons (Fsp3) is 0.667. The van der Waals surface area contributed by atoms with E-state index in [1.54, 1.807) is 11.8 Å². The summed E-state index contributed by atoms with van der Waals surface area (Å²) in [4.78, 5) is 0. The molecule has 0 saturated carbocycles. The zero-order valence-corrected chi connectivity index (χ0v) is 7.67. The second-order valence-electron chi connectivity index (χ2n) is 1.57. The van der Waals surface area contributed by atoms with Gasteiger partial charge in [0.1, 0.15) is 0 Å². The summed E-state index contributed by atoms with van der Waals surface area (Å²) in [5.41, 5.74) is 0. The Kier molecular flexibility index (Phi) is 6.18. The van der Waals surface area contributed by atoms with E-state index in [1.165, 1.54) is 18.6 Å². The normalized spacial score (nSPS) is 9.12. The van der Waals surface area contributed by atoms with Gasteiger partial charge in [-0.25, -0.2) is 0 Å². The van der Waals surface area contributed by atoms with Crippen LogP contribution in [0.25, 0.3) is 0 Å². The van der Waals surface area contributed by atoms with Gasteiger partial charge in [0.05, 0.1) is 0 Å². The molecule has 0 rings (SSSR count). The van der Waals surface area contributed by atoms with Crippen LogP contribution in [0.15, 0.2) is 10.4 Å². The minimum atomic E-state index is 1.11. The Hall–Kier alpha value is 0.609. The van der Waals surface area contributed by atoms with Crippen molar-refractivity contribution >= 4 is 27.8 Å². The quantitative estimate of drug-likeness (QED) is 0.488. The summed E-state index contributed by atoms with van der Waals surface area (Å²) in [6.07, 6.45) is 2.58. The molecule has 0 aromatic carbocycles. The van der Waals surface area contributed by atoms with Gasteiger partial charge in [-0.1, -0.05) is 0 Å². The van der Waals surface area contributed by atoms with Crippen molar-refractivity contribution in [2.24, 2.45) is 0 Å². The van der Waals surface area contributed by atoms with Crippen molar-refractivity contribution in [2.75, 3.05) is 5.75 Å². The van der Waals surface area contributed by atoms with Crippen LogP contribution in [0.5, 0.6) is 0 Å². The Labute approximate surface area is 63.9 Å². The summed E-state index contributed by atoms with van der Waals surface area (Å²) in [7, 11) is 0. The van der Waals surface area contributed by atoms with Gasteiger partial charge in [0, 0.05) is 0 Å². The molecule has 0 aromatic heterocycles. The molecule has 0 fully saturated rings. The summed E-state index contributed by atoms with van der Waals surface area (Å²) in [5.74, 6) is 1.21. The van der Waals surface area contributed by atoms with Crippen LogP contribution in [0.1, 0.15) is 19.8 Å². The Morgan fingerprint density at radius 2 is 2.38 bits per heavy atom. The van der Waals surface area contributed by atoms with Crippen molar-refractivity contribution in [3.8, 4) is 0 Å². The van der Waals surface area contributed by atoms with E-state index in [9.17, 15) is 0 Å². The van der Waals surface area contributed by atoms with E-state index in [4.69, 9.17) is 0 Å². The third kappa shape index (κ3) is 6.61. The molecule has 0 radical (unpaired) electrons. The minimum absolute atomic E-state index is 1.11. The average molecular weight is 194 g/mol. The van der Waals surface area contributed by atoms with Gasteiger partial charge in [0.2, 0.25) is 0 Å². The molecule has 0 aliphatic rings. The summed E-state index contributed by atoms with van der Waals surface area (Å²) in [5, 5.41) is 0. The molecule has 0 heterocycles. The summed E-state index contributed by atoms with van der Waals surface area (Å²) in [6.45, 7) is 5.93. The number of rotatable bonds is 4. The van der Waals surface area contributed by atoms with Crippen LogP contribution in [0.2, 0.25) is 0 Å². The zero-order chi connectivity index (χ0) is 6.41. The molecular formula is C6H11SSe-. The molecule has 8 heavy (non-hydrogen) atoms. The van der Waals surface area contributed by atoms with Crippen LogP contribution in [-0.4, -0.2) is 21.8 Å². The first-order valence-electron chi connectivity index (χ1n) is 2.76. The van der Waals surface area contributed by atoms with Crippen molar-refractivity contribution in [1.82, 2.24) is 0 Å². The van der Waals surface area contributed by atoms with Gasteiger partial charge < -0.3 is 0 Å². The molecule has 0 spiro atoms. The Morgan fingerprint density at radius 3 is 2.75 bits per heavy atom. The molecule has 0 aliphatic carbocycles. The third-order valence-corrected chi connectivity index (χ3v) is 2.32. The fourth-order valence-corrected chi connectivity index (χ4v) is 1.52. The molecule has 0 saturated heterocycles. The van der Waals surface area contributed by atoms with Gasteiger partial charge in [-0.3, -0.25) is 0 Å². The van der Waals surface area contributed by atoms with E-state index < -0.39 is 0 Å². The second-order valence-corrected chi connectivity index (χ2v) is 4.38. The first-order chi connectivity index (χ1) is 3.77. The molecule has 0 unspecified atom stereocenters. The zero-order valence-electron chi connectivity index (χ0n) is 5.14. The Balaban J connectivity index is 2.82. The van der Waals surface area contributed by atoms with Crippen LogP contribution < -0.4 is 0 Å². The van der Waals surface area contributed by atoms with Gasteiger partial charge in [-0.2, -0.15) is 0 Å². The van der Waals surface area contributed by atoms with Crippen LogP contribution in [-0.2, 0) is 0 Å². The first-order valence-corrected chi connectivity index (χ1v) is 4.60. The fourth-order valence-electron chi connectivity index (χ4n) is 0.330. The third-order valence-electron chi connectivity index (χ3n) is 0.761. The van der Waals surface area contributed by atoms with E-state index in [-0.39, 0.29) is 0 Å². The molecule has 0 amide bonds. The van der Waals surface area contributed by atoms with E-state index in [1.807, 2.05) is 0 Å². The van der Waals surface area contributed by atoms with E-state index in [0.29, 0.717) is 0 Å². The summed E-state index contributed by atoms with van der Waals surface area (Å²) >= 11 is 4.67. The van der Waals surface area contributed by atoms with Gasteiger partial charge in [-0.05, 0) is 0 Å². The molecule has 0 aliphatic heterocycles. The number of hydrogen-bond acceptors (Lipinski definition) is 1. The monoisotopic (exact) mass is 195 g/mol. The molecule has 0 bridgehead atoms. The number of unbranched alkanes of at least 4 members (excludes halogenated alkanes) is 1. The van der Waals surface area contributed by atoms with Crippen LogP contribution in [0.4, 0.5) is 0 Å². The van der Waals surface area contributed by atoms with E-state index in [0.717, 1.165) is 3.80 Å². The van der Waals surface area contributed by atoms with Crippen LogP contribution in [0, 0.1) is 0 Å². The molecule has 0 N–H and O–H groups in total. The molecule has 48 valence electrons. The van der Waals surface area contributed by atoms with E-state index in [2.05, 4.69) is 29.5 Å². The van der Waals surface area contributed by atoms with Crippen LogP contribution >= 0.6 is 11.8 Å². The summed E-state index contributed by atoms with van der Waals surface area (Å²) in [6, 6.07) is 0.